The van der Waals surface area contributed by atoms with Crippen LogP contribution in [-0.4, -0.2) is 65.7 Å². The summed E-state index contributed by atoms with van der Waals surface area (Å²) in [5.41, 5.74) is 3.11. The highest BCUT2D eigenvalue weighted by atomic mass is 19.4. The Morgan fingerprint density at radius 1 is 1.07 bits per heavy atom. The standard InChI is InChI=1S/C29H27F3N10O3/c1-14-5-6-33-24(35-14)18-8-19(18)26(44)37-22-9-21(38-27(39-22)29(30,31)32)34-10-17-12-41-11-16(15-3-4-15)7-20(25(41)36-17)42-13-23(43)40(2)28(42)45/h5-7,9,11-12,15,18-19H,3-4,8,10,13H2,1-2H3,(H2,34,37,38,39,44)/t18-,19-/m0/s1. The van der Waals surface area contributed by atoms with Crippen molar-refractivity contribution in [1.82, 2.24) is 34.2 Å². The number of fused-ring (bicyclic) bond motifs is 1. The fraction of sp³-hybridized carbons (Fsp3) is 0.379. The number of hydrogen-bond donors (Lipinski definition) is 2. The van der Waals surface area contributed by atoms with Gasteiger partial charge in [-0.05, 0) is 49.8 Å². The molecule has 2 N–H and O–H groups in total. The molecule has 0 bridgehead atoms. The highest BCUT2D eigenvalue weighted by Crippen LogP contribution is 2.46. The van der Waals surface area contributed by atoms with Crippen molar-refractivity contribution in [2.24, 2.45) is 5.92 Å². The van der Waals surface area contributed by atoms with Crippen LogP contribution in [0.3, 0.4) is 0 Å². The first kappa shape index (κ1) is 28.6. The topological polar surface area (TPSA) is 151 Å². The first-order valence-electron chi connectivity index (χ1n) is 14.3. The van der Waals surface area contributed by atoms with Gasteiger partial charge in [-0.2, -0.15) is 13.2 Å². The third-order valence-corrected chi connectivity index (χ3v) is 8.08. The highest BCUT2D eigenvalue weighted by Gasteiger charge is 2.46. The molecular weight excluding hydrogens is 593 g/mol. The van der Waals surface area contributed by atoms with E-state index < -0.39 is 29.9 Å². The number of halogens is 3. The largest absolute Gasteiger partial charge is 0.451 e. The number of imide groups is 1. The average Bonchev–Trinajstić information content (AvgIpc) is 3.92. The minimum atomic E-state index is -4.86. The number of carbonyl (C=O) groups is 3. The number of nitrogens with one attached hydrogen (secondary N) is 2. The zero-order valence-electron chi connectivity index (χ0n) is 24.2. The van der Waals surface area contributed by atoms with E-state index in [2.05, 4.69) is 35.6 Å². The van der Waals surface area contributed by atoms with Crippen LogP contribution in [0.5, 0.6) is 0 Å². The van der Waals surface area contributed by atoms with Gasteiger partial charge in [-0.15, -0.1) is 0 Å². The number of nitrogens with zero attached hydrogens (tertiary/aromatic N) is 8. The Labute approximate surface area is 253 Å². The quantitative estimate of drug-likeness (QED) is 0.280. The third kappa shape index (κ3) is 5.62. The van der Waals surface area contributed by atoms with Crippen LogP contribution in [0.1, 0.15) is 59.7 Å². The Morgan fingerprint density at radius 2 is 1.84 bits per heavy atom. The Bertz CT molecular complexity index is 1870. The monoisotopic (exact) mass is 620 g/mol. The van der Waals surface area contributed by atoms with Crippen LogP contribution in [0.15, 0.2) is 36.8 Å². The van der Waals surface area contributed by atoms with E-state index in [0.29, 0.717) is 35.2 Å². The van der Waals surface area contributed by atoms with E-state index in [1.165, 1.54) is 18.0 Å². The maximum absolute atomic E-state index is 13.7. The molecule has 13 nitrogen and oxygen atoms in total. The molecule has 45 heavy (non-hydrogen) atoms. The van der Waals surface area contributed by atoms with Crippen LogP contribution in [0.25, 0.3) is 5.65 Å². The number of carbonyl (C=O) groups excluding carboxylic acids is 3. The molecule has 4 amide bonds. The third-order valence-electron chi connectivity index (χ3n) is 8.08. The number of aryl methyl sites for hydroxylation is 1. The second-order valence-corrected chi connectivity index (χ2v) is 11.5. The number of aromatic nitrogens is 6. The zero-order valence-corrected chi connectivity index (χ0v) is 24.2. The van der Waals surface area contributed by atoms with Gasteiger partial charge in [0.2, 0.25) is 17.6 Å². The summed E-state index contributed by atoms with van der Waals surface area (Å²) in [5, 5.41) is 5.34. The van der Waals surface area contributed by atoms with Gasteiger partial charge in [-0.1, -0.05) is 0 Å². The van der Waals surface area contributed by atoms with Crippen molar-refractivity contribution < 1.29 is 27.6 Å². The Balaban J connectivity index is 1.12. The molecule has 2 saturated carbocycles. The molecule has 2 aliphatic carbocycles. The summed E-state index contributed by atoms with van der Waals surface area (Å²) in [5.74, 6) is -2.55. The van der Waals surface area contributed by atoms with Crippen LogP contribution >= 0.6 is 0 Å². The molecule has 1 saturated heterocycles. The maximum Gasteiger partial charge on any atom is 0.451 e. The summed E-state index contributed by atoms with van der Waals surface area (Å²) >= 11 is 0. The van der Waals surface area contributed by atoms with Gasteiger partial charge in [0.1, 0.15) is 24.0 Å². The molecule has 4 aromatic rings. The summed E-state index contributed by atoms with van der Waals surface area (Å²) in [4.78, 5) is 60.6. The zero-order chi connectivity index (χ0) is 31.6. The number of amides is 4. The van der Waals surface area contributed by atoms with Crippen molar-refractivity contribution in [2.75, 3.05) is 29.1 Å². The Kier molecular flexibility index (Phi) is 6.67. The summed E-state index contributed by atoms with van der Waals surface area (Å²) in [6, 6.07) is 4.37. The minimum Gasteiger partial charge on any atom is -0.364 e. The first-order chi connectivity index (χ1) is 21.4. The van der Waals surface area contributed by atoms with E-state index in [1.807, 2.05) is 19.2 Å². The molecule has 0 radical (unpaired) electrons. The SMILES string of the molecule is Cc1ccnc([C@H]2C[C@@H]2C(=O)Nc2cc(NCc3cn4cc(C5CC5)cc(N5CC(=O)N(C)C5=O)c4n3)nc(C(F)(F)F)n2)n1. The molecule has 0 aromatic carbocycles. The predicted octanol–water partition coefficient (Wildman–Crippen LogP) is 3.87. The van der Waals surface area contributed by atoms with Crippen LogP contribution in [0.2, 0.25) is 0 Å². The van der Waals surface area contributed by atoms with Crippen molar-refractivity contribution in [1.29, 1.82) is 0 Å². The van der Waals surface area contributed by atoms with Crippen LogP contribution in [0.4, 0.5) is 35.3 Å². The molecule has 3 fully saturated rings. The normalized spacial score (nSPS) is 19.8. The maximum atomic E-state index is 13.7. The molecule has 0 spiro atoms. The number of hydrogen-bond acceptors (Lipinski definition) is 9. The molecule has 2 atom stereocenters. The smallest absolute Gasteiger partial charge is 0.364 e. The van der Waals surface area contributed by atoms with Gasteiger partial charge >= 0.3 is 12.2 Å². The molecule has 3 aliphatic rings. The molecule has 7 rings (SSSR count). The fourth-order valence-corrected chi connectivity index (χ4v) is 5.41. The lowest BCUT2D eigenvalue weighted by Gasteiger charge is -2.17. The number of imidazole rings is 1. The highest BCUT2D eigenvalue weighted by molar-refractivity contribution is 6.13. The van der Waals surface area contributed by atoms with Gasteiger partial charge in [0, 0.05) is 49.2 Å². The van der Waals surface area contributed by atoms with Gasteiger partial charge < -0.3 is 15.0 Å². The first-order valence-corrected chi connectivity index (χ1v) is 14.3. The molecule has 5 heterocycles. The van der Waals surface area contributed by atoms with E-state index in [1.54, 1.807) is 22.9 Å². The van der Waals surface area contributed by atoms with Crippen molar-refractivity contribution in [3.05, 3.63) is 65.4 Å². The van der Waals surface area contributed by atoms with Crippen molar-refractivity contribution in [3.63, 3.8) is 0 Å². The summed E-state index contributed by atoms with van der Waals surface area (Å²) in [6.07, 6.45) is 2.85. The minimum absolute atomic E-state index is 0.0241. The molecule has 1 aliphatic heterocycles. The van der Waals surface area contributed by atoms with Crippen molar-refractivity contribution in [3.8, 4) is 0 Å². The summed E-state index contributed by atoms with van der Waals surface area (Å²) in [6.45, 7) is 1.67. The number of rotatable bonds is 8. The van der Waals surface area contributed by atoms with E-state index in [4.69, 9.17) is 0 Å². The fourth-order valence-electron chi connectivity index (χ4n) is 5.41. The molecule has 4 aromatic heterocycles. The second kappa shape index (κ2) is 10.5. The van der Waals surface area contributed by atoms with Crippen molar-refractivity contribution >= 4 is 40.8 Å². The van der Waals surface area contributed by atoms with Gasteiger partial charge in [0.05, 0.1) is 17.9 Å². The van der Waals surface area contributed by atoms with Gasteiger partial charge in [0.25, 0.3) is 0 Å². The molecule has 16 heteroatoms. The number of anilines is 3. The lowest BCUT2D eigenvalue weighted by atomic mass is 10.1. The number of alkyl halides is 3. The Morgan fingerprint density at radius 3 is 2.53 bits per heavy atom. The van der Waals surface area contributed by atoms with E-state index in [9.17, 15) is 27.6 Å². The Hall–Kier alpha value is -5.15. The molecular formula is C29H27F3N10O3. The lowest BCUT2D eigenvalue weighted by molar-refractivity contribution is -0.144. The van der Waals surface area contributed by atoms with Crippen LogP contribution < -0.4 is 15.5 Å². The molecule has 232 valence electrons. The number of urea groups is 1. The van der Waals surface area contributed by atoms with Crippen LogP contribution in [-0.2, 0) is 22.3 Å². The summed E-state index contributed by atoms with van der Waals surface area (Å²) < 4.78 is 42.9. The van der Waals surface area contributed by atoms with Gasteiger partial charge in [-0.25, -0.2) is 29.7 Å². The van der Waals surface area contributed by atoms with E-state index in [0.717, 1.165) is 29.0 Å². The van der Waals surface area contributed by atoms with E-state index in [-0.39, 0.29) is 36.6 Å². The van der Waals surface area contributed by atoms with Gasteiger partial charge in [0.15, 0.2) is 5.65 Å². The lowest BCUT2D eigenvalue weighted by Crippen LogP contribution is -2.30. The van der Waals surface area contributed by atoms with Gasteiger partial charge in [-0.3, -0.25) is 19.4 Å². The molecule has 0 unspecified atom stereocenters. The number of pyridine rings is 1. The van der Waals surface area contributed by atoms with E-state index >= 15 is 0 Å². The number of likely N-dealkylation sites (N-methyl/N-ethyl adjacent to an activating group) is 1. The average molecular weight is 621 g/mol. The summed E-state index contributed by atoms with van der Waals surface area (Å²) in [7, 11) is 1.42. The predicted molar refractivity (Wildman–Crippen MR) is 153 cm³/mol. The second-order valence-electron chi connectivity index (χ2n) is 11.5. The van der Waals surface area contributed by atoms with Crippen molar-refractivity contribution in [2.45, 2.75) is 50.7 Å². The van der Waals surface area contributed by atoms with Crippen LogP contribution in [0, 0.1) is 12.8 Å².